The largest absolute Gasteiger partial charge is 0.310 e. The van der Waals surface area contributed by atoms with Gasteiger partial charge in [0.1, 0.15) is 0 Å². The molecule has 0 radical (unpaired) electrons. The average Bonchev–Trinajstić information content (AvgIpc) is 3.19. The summed E-state index contributed by atoms with van der Waals surface area (Å²) in [7, 11) is 0. The second-order valence-electron chi connectivity index (χ2n) is 10.8. The standard InChI is InChI=1S/C44H31N/c1-2-11-32(12-3-1)33-23-27-38(28-24-33)45(39-29-25-36(26-30-39)43-21-9-15-34-13-4-6-19-41(34)43)40-18-8-17-37(31-40)44-22-10-16-35-14-5-7-20-42(35)44/h1-31H/i23D,24D,25D,26D,27D,28D,29D,30D. The predicted molar refractivity (Wildman–Crippen MR) is 192 cm³/mol. The van der Waals surface area contributed by atoms with E-state index in [-0.39, 0.29) is 70.8 Å². The van der Waals surface area contributed by atoms with Crippen molar-refractivity contribution in [3.05, 3.63) is 188 Å². The Kier molecular flexibility index (Phi) is 5.01. The minimum absolute atomic E-state index is 0.125. The molecular formula is C44H31N. The van der Waals surface area contributed by atoms with Crippen LogP contribution in [0, 0.1) is 0 Å². The molecule has 8 aromatic carbocycles. The summed E-state index contributed by atoms with van der Waals surface area (Å²) in [5.74, 6) is 0. The molecule has 0 aliphatic carbocycles. The number of fused-ring (bicyclic) bond motifs is 2. The Morgan fingerprint density at radius 2 is 0.800 bits per heavy atom. The van der Waals surface area contributed by atoms with Crippen molar-refractivity contribution in [2.24, 2.45) is 0 Å². The highest BCUT2D eigenvalue weighted by Crippen LogP contribution is 2.40. The molecule has 0 aromatic heterocycles. The third kappa shape index (κ3) is 5.15. The van der Waals surface area contributed by atoms with Gasteiger partial charge in [-0.1, -0.05) is 152 Å². The van der Waals surface area contributed by atoms with Gasteiger partial charge >= 0.3 is 0 Å². The van der Waals surface area contributed by atoms with E-state index >= 15 is 0 Å². The van der Waals surface area contributed by atoms with Crippen molar-refractivity contribution in [2.75, 3.05) is 4.90 Å². The number of hydrogen-bond donors (Lipinski definition) is 0. The minimum Gasteiger partial charge on any atom is -0.310 e. The minimum atomic E-state index is -0.381. The molecule has 45 heavy (non-hydrogen) atoms. The molecule has 0 atom stereocenters. The first kappa shape index (κ1) is 19.4. The highest BCUT2D eigenvalue weighted by Gasteiger charge is 2.15. The van der Waals surface area contributed by atoms with Crippen LogP contribution >= 0.6 is 0 Å². The molecule has 1 nitrogen and oxygen atoms in total. The quantitative estimate of drug-likeness (QED) is 0.189. The molecule has 8 aromatic rings. The molecule has 8 rings (SSSR count). The molecule has 0 aliphatic rings. The predicted octanol–water partition coefficient (Wildman–Crippen LogP) is 12.5. The fourth-order valence-electron chi connectivity index (χ4n) is 5.82. The van der Waals surface area contributed by atoms with Gasteiger partial charge in [-0.05, 0) is 91.2 Å². The summed E-state index contributed by atoms with van der Waals surface area (Å²) in [6.45, 7) is 0. The Balaban J connectivity index is 1.43. The second kappa shape index (κ2) is 11.6. The van der Waals surface area contributed by atoms with Crippen molar-refractivity contribution in [1.29, 1.82) is 0 Å². The van der Waals surface area contributed by atoms with Gasteiger partial charge in [-0.15, -0.1) is 0 Å². The van der Waals surface area contributed by atoms with Gasteiger partial charge < -0.3 is 4.90 Å². The normalized spacial score (nSPS) is 13.6. The van der Waals surface area contributed by atoms with Gasteiger partial charge in [0.2, 0.25) is 0 Å². The van der Waals surface area contributed by atoms with Crippen LogP contribution in [0.5, 0.6) is 0 Å². The Morgan fingerprint density at radius 1 is 0.333 bits per heavy atom. The summed E-state index contributed by atoms with van der Waals surface area (Å²) in [6, 6.07) is 40.4. The van der Waals surface area contributed by atoms with E-state index in [0.29, 0.717) is 16.8 Å². The number of anilines is 3. The van der Waals surface area contributed by atoms with E-state index in [0.717, 1.165) is 32.7 Å². The topological polar surface area (TPSA) is 3.24 Å². The van der Waals surface area contributed by atoms with Gasteiger partial charge in [-0.3, -0.25) is 0 Å². The second-order valence-corrected chi connectivity index (χ2v) is 10.8. The van der Waals surface area contributed by atoms with Crippen LogP contribution in [-0.4, -0.2) is 0 Å². The van der Waals surface area contributed by atoms with E-state index in [2.05, 4.69) is 0 Å². The summed E-state index contributed by atoms with van der Waals surface area (Å²) in [6.07, 6.45) is 0. The lowest BCUT2D eigenvalue weighted by Crippen LogP contribution is -2.10. The van der Waals surface area contributed by atoms with Crippen LogP contribution in [0.3, 0.4) is 0 Å². The molecule has 0 saturated carbocycles. The lowest BCUT2D eigenvalue weighted by Gasteiger charge is -2.26. The Labute approximate surface area is 275 Å². The van der Waals surface area contributed by atoms with Gasteiger partial charge in [-0.25, -0.2) is 0 Å². The Hall–Kier alpha value is -5.92. The Morgan fingerprint density at radius 3 is 1.42 bits per heavy atom. The summed E-state index contributed by atoms with van der Waals surface area (Å²) < 4.78 is 74.5. The van der Waals surface area contributed by atoms with Crippen molar-refractivity contribution in [3.63, 3.8) is 0 Å². The van der Waals surface area contributed by atoms with E-state index in [9.17, 15) is 8.22 Å². The van der Waals surface area contributed by atoms with Crippen molar-refractivity contribution in [1.82, 2.24) is 0 Å². The summed E-state index contributed by atoms with van der Waals surface area (Å²) in [5.41, 5.74) is 2.99. The first-order chi connectivity index (χ1) is 25.7. The molecule has 0 unspecified atom stereocenters. The summed E-state index contributed by atoms with van der Waals surface area (Å²) in [5, 5.41) is 3.70. The van der Waals surface area contributed by atoms with Crippen LogP contribution in [0.25, 0.3) is 54.9 Å². The van der Waals surface area contributed by atoms with E-state index in [1.54, 1.807) is 42.5 Å². The number of nitrogens with zero attached hydrogens (tertiary/aromatic N) is 1. The Bertz CT molecular complexity index is 2660. The molecule has 0 bridgehead atoms. The molecule has 212 valence electrons. The fourth-order valence-corrected chi connectivity index (χ4v) is 5.82. The molecule has 0 heterocycles. The molecule has 0 spiro atoms. The molecule has 1 heteroatoms. The number of rotatable bonds is 6. The van der Waals surface area contributed by atoms with Crippen molar-refractivity contribution < 1.29 is 11.0 Å². The molecule has 0 saturated heterocycles. The van der Waals surface area contributed by atoms with Crippen LogP contribution < -0.4 is 4.90 Å². The van der Waals surface area contributed by atoms with Crippen LogP contribution in [0.2, 0.25) is 0 Å². The number of benzene rings is 8. The SMILES string of the molecule is [2H]c1c([2H])c(N(c2cccc(-c3cccc4ccccc34)c2)c2c([2H])c([2H])c(-c3cccc4ccccc34)c([2H])c2[2H])c([2H])c([2H])c1-c1ccccc1. The molecule has 0 amide bonds. The van der Waals surface area contributed by atoms with Crippen LogP contribution in [-0.2, 0) is 0 Å². The van der Waals surface area contributed by atoms with Crippen molar-refractivity contribution in [2.45, 2.75) is 0 Å². The maximum absolute atomic E-state index is 9.46. The molecule has 0 fully saturated rings. The molecular weight excluding hydrogens is 542 g/mol. The highest BCUT2D eigenvalue weighted by molar-refractivity contribution is 5.98. The van der Waals surface area contributed by atoms with Gasteiger partial charge in [0.25, 0.3) is 0 Å². The first-order valence-electron chi connectivity index (χ1n) is 18.8. The van der Waals surface area contributed by atoms with Gasteiger partial charge in [0.05, 0.1) is 11.0 Å². The van der Waals surface area contributed by atoms with Crippen molar-refractivity contribution >= 4 is 38.6 Å². The highest BCUT2D eigenvalue weighted by atomic mass is 15.1. The van der Waals surface area contributed by atoms with E-state index < -0.39 is 0 Å². The number of hydrogen-bond acceptors (Lipinski definition) is 1. The molecule has 0 N–H and O–H groups in total. The van der Waals surface area contributed by atoms with E-state index in [1.165, 1.54) is 4.90 Å². The lowest BCUT2D eigenvalue weighted by atomic mass is 9.97. The van der Waals surface area contributed by atoms with Crippen LogP contribution in [0.15, 0.2) is 188 Å². The lowest BCUT2D eigenvalue weighted by molar-refractivity contribution is 1.28. The smallest absolute Gasteiger partial charge is 0.0645 e. The zero-order valence-corrected chi connectivity index (χ0v) is 24.2. The fraction of sp³-hybridized carbons (Fsp3) is 0. The zero-order valence-electron chi connectivity index (χ0n) is 32.2. The van der Waals surface area contributed by atoms with Gasteiger partial charge in [0, 0.05) is 17.1 Å². The molecule has 0 aliphatic heterocycles. The van der Waals surface area contributed by atoms with Gasteiger partial charge in [-0.2, -0.15) is 0 Å². The van der Waals surface area contributed by atoms with Gasteiger partial charge in [0.15, 0.2) is 0 Å². The van der Waals surface area contributed by atoms with E-state index in [4.69, 9.17) is 2.74 Å². The third-order valence-corrected chi connectivity index (χ3v) is 8.00. The van der Waals surface area contributed by atoms with Crippen LogP contribution in [0.4, 0.5) is 17.1 Å². The summed E-state index contributed by atoms with van der Waals surface area (Å²) >= 11 is 0. The summed E-state index contributed by atoms with van der Waals surface area (Å²) in [4.78, 5) is 1.36. The van der Waals surface area contributed by atoms with Crippen LogP contribution in [0.1, 0.15) is 11.0 Å². The van der Waals surface area contributed by atoms with E-state index in [1.807, 2.05) is 97.1 Å². The maximum atomic E-state index is 9.46. The maximum Gasteiger partial charge on any atom is 0.0645 e. The third-order valence-electron chi connectivity index (χ3n) is 8.00. The average molecular weight is 582 g/mol. The first-order valence-corrected chi connectivity index (χ1v) is 14.8. The zero-order chi connectivity index (χ0) is 37.0. The monoisotopic (exact) mass is 581 g/mol. The van der Waals surface area contributed by atoms with Crippen molar-refractivity contribution in [3.8, 4) is 33.4 Å².